The number of ketones is 1. The average molecular weight is 439 g/mol. The van der Waals surface area contributed by atoms with Crippen LogP contribution in [0.2, 0.25) is 0 Å². The molecule has 4 aliphatic carbocycles. The molecule has 2 N–H and O–H groups in total. The van der Waals surface area contributed by atoms with Crippen molar-refractivity contribution in [2.45, 2.75) is 51.5 Å². The first-order valence-electron chi connectivity index (χ1n) is 11.1. The van der Waals surface area contributed by atoms with Gasteiger partial charge in [-0.05, 0) is 75.3 Å². The van der Waals surface area contributed by atoms with Crippen molar-refractivity contribution in [3.8, 4) is 0 Å². The molecule has 7 nitrogen and oxygen atoms in total. The van der Waals surface area contributed by atoms with Gasteiger partial charge in [0, 0.05) is 36.2 Å². The minimum atomic E-state index is -0.703. The van der Waals surface area contributed by atoms with Crippen molar-refractivity contribution in [2.24, 2.45) is 24.8 Å². The van der Waals surface area contributed by atoms with E-state index in [1.54, 1.807) is 25.5 Å². The second kappa shape index (κ2) is 7.25. The molecule has 4 aliphatic rings. The van der Waals surface area contributed by atoms with Gasteiger partial charge in [-0.2, -0.15) is 4.39 Å². The topological polar surface area (TPSA) is 93.1 Å². The fourth-order valence-corrected chi connectivity index (χ4v) is 6.70. The highest BCUT2D eigenvalue weighted by Gasteiger charge is 2.58. The number of nitrogens with one attached hydrogen (secondary N) is 2. The summed E-state index contributed by atoms with van der Waals surface area (Å²) in [5.74, 6) is -0.587. The van der Waals surface area contributed by atoms with Gasteiger partial charge in [0.25, 0.3) is 17.6 Å². The molecular weight excluding hydrogens is 411 g/mol. The second-order valence-corrected chi connectivity index (χ2v) is 9.80. The lowest BCUT2D eigenvalue weighted by Gasteiger charge is -2.33. The molecule has 4 bridgehead atoms. The first kappa shape index (κ1) is 20.8. The molecule has 0 aromatic carbocycles. The largest absolute Gasteiger partial charge is 0.344 e. The van der Waals surface area contributed by atoms with E-state index in [2.05, 4.69) is 15.6 Å². The van der Waals surface area contributed by atoms with Crippen LogP contribution in [0.15, 0.2) is 18.3 Å². The molecule has 8 heteroatoms. The Labute approximate surface area is 185 Å². The fraction of sp³-hybridized carbons (Fsp3) is 0.500. The van der Waals surface area contributed by atoms with Gasteiger partial charge in [-0.25, -0.2) is 4.98 Å². The summed E-state index contributed by atoms with van der Waals surface area (Å²) in [6.07, 6.45) is 6.74. The molecule has 32 heavy (non-hydrogen) atoms. The normalized spacial score (nSPS) is 27.6. The third-order valence-corrected chi connectivity index (χ3v) is 7.92. The summed E-state index contributed by atoms with van der Waals surface area (Å²) < 4.78 is 15.0. The third kappa shape index (κ3) is 3.15. The Hall–Kier alpha value is -3.03. The third-order valence-electron chi connectivity index (χ3n) is 7.92. The Balaban J connectivity index is 1.38. The van der Waals surface area contributed by atoms with Gasteiger partial charge in [-0.3, -0.25) is 14.4 Å². The summed E-state index contributed by atoms with van der Waals surface area (Å²) in [7, 11) is 1.67. The van der Waals surface area contributed by atoms with E-state index in [1.165, 1.54) is 18.7 Å². The van der Waals surface area contributed by atoms with Crippen LogP contribution < -0.4 is 10.6 Å². The summed E-state index contributed by atoms with van der Waals surface area (Å²) in [6.45, 7) is 3.39. The Bertz CT molecular complexity index is 1140. The number of anilines is 1. The summed E-state index contributed by atoms with van der Waals surface area (Å²) in [5, 5.41) is 5.76. The number of carbonyl (C=O) groups is 3. The molecule has 2 heterocycles. The highest BCUT2D eigenvalue weighted by Crippen LogP contribution is 2.60. The molecule has 4 saturated carbocycles. The van der Waals surface area contributed by atoms with Gasteiger partial charge < -0.3 is 15.2 Å². The summed E-state index contributed by atoms with van der Waals surface area (Å²) in [6, 6.07) is 2.60. The zero-order valence-corrected chi connectivity index (χ0v) is 18.5. The van der Waals surface area contributed by atoms with E-state index in [9.17, 15) is 18.8 Å². The summed E-state index contributed by atoms with van der Waals surface area (Å²) >= 11 is 0. The predicted molar refractivity (Wildman–Crippen MR) is 116 cm³/mol. The van der Waals surface area contributed by atoms with E-state index >= 15 is 0 Å². The van der Waals surface area contributed by atoms with Crippen LogP contribution in [-0.2, 0) is 11.8 Å². The number of hydrogen-bond acceptors (Lipinski definition) is 4. The molecular formula is C24H27FN4O3. The van der Waals surface area contributed by atoms with Crippen LogP contribution in [0.25, 0.3) is 0 Å². The fourth-order valence-electron chi connectivity index (χ4n) is 6.70. The molecule has 4 atom stereocenters. The minimum absolute atomic E-state index is 0.208. The van der Waals surface area contributed by atoms with Gasteiger partial charge in [0.1, 0.15) is 0 Å². The van der Waals surface area contributed by atoms with Gasteiger partial charge >= 0.3 is 0 Å². The molecule has 168 valence electrons. The molecule has 0 radical (unpaired) electrons. The maximum absolute atomic E-state index is 13.4. The van der Waals surface area contributed by atoms with Gasteiger partial charge in [0.2, 0.25) is 5.95 Å². The average Bonchev–Trinajstić information content (AvgIpc) is 3.20. The highest BCUT2D eigenvalue weighted by atomic mass is 19.1. The maximum Gasteiger partial charge on any atom is 0.294 e. The van der Waals surface area contributed by atoms with Crippen LogP contribution in [-0.4, -0.2) is 32.7 Å². The van der Waals surface area contributed by atoms with Crippen LogP contribution in [0.1, 0.15) is 64.2 Å². The standard InChI is InChI=1S/C24H27FN4O3/c1-12-19(22(31)27-17-4-5-26-18(25)9-17)13(2)29(3)20(12)21(30)23(32)28-24-10-14-6-15(11-24)8-16(24)7-14/h4-5,9,14-16H,6-8,10-11H2,1-3H3,(H,28,32)(H,26,27,31)/t14-,15+,16-,24+. The van der Waals surface area contributed by atoms with Crippen molar-refractivity contribution in [3.05, 3.63) is 46.8 Å². The zero-order chi connectivity index (χ0) is 22.8. The lowest BCUT2D eigenvalue weighted by molar-refractivity contribution is -0.119. The first-order valence-corrected chi connectivity index (χ1v) is 11.1. The quantitative estimate of drug-likeness (QED) is 0.426. The van der Waals surface area contributed by atoms with Crippen LogP contribution in [0.3, 0.4) is 0 Å². The number of nitrogens with zero attached hydrogens (tertiary/aromatic N) is 2. The van der Waals surface area contributed by atoms with Gasteiger partial charge in [0.05, 0.1) is 11.3 Å². The number of hydrogen-bond donors (Lipinski definition) is 2. The monoisotopic (exact) mass is 438 g/mol. The Morgan fingerprint density at radius 2 is 1.84 bits per heavy atom. The first-order chi connectivity index (χ1) is 15.2. The number of carbonyl (C=O) groups excluding carboxylic acids is 3. The van der Waals surface area contributed by atoms with E-state index in [1.807, 2.05) is 0 Å². The molecule has 0 aliphatic heterocycles. The van der Waals surface area contributed by atoms with Crippen molar-refractivity contribution >= 4 is 23.3 Å². The summed E-state index contributed by atoms with van der Waals surface area (Å²) in [5.41, 5.74) is 1.54. The van der Waals surface area contributed by atoms with Crippen LogP contribution in [0, 0.1) is 37.5 Å². The number of halogens is 1. The van der Waals surface area contributed by atoms with E-state index in [0.29, 0.717) is 34.6 Å². The van der Waals surface area contributed by atoms with Crippen LogP contribution in [0.5, 0.6) is 0 Å². The van der Waals surface area contributed by atoms with Crippen molar-refractivity contribution in [3.63, 3.8) is 0 Å². The van der Waals surface area contributed by atoms with E-state index in [4.69, 9.17) is 0 Å². The smallest absolute Gasteiger partial charge is 0.294 e. The lowest BCUT2D eigenvalue weighted by atomic mass is 9.80. The van der Waals surface area contributed by atoms with E-state index in [-0.39, 0.29) is 16.9 Å². The number of rotatable bonds is 5. The second-order valence-electron chi connectivity index (χ2n) is 9.80. The van der Waals surface area contributed by atoms with Crippen LogP contribution in [0.4, 0.5) is 10.1 Å². The molecule has 2 aromatic heterocycles. The number of amides is 2. The van der Waals surface area contributed by atoms with E-state index in [0.717, 1.165) is 31.7 Å². The number of pyridine rings is 1. The number of Topliss-reactive ketones (excluding diaryl/α,β-unsaturated/α-hetero) is 1. The zero-order valence-electron chi connectivity index (χ0n) is 18.5. The van der Waals surface area contributed by atoms with Gasteiger partial charge in [-0.1, -0.05) is 0 Å². The van der Waals surface area contributed by atoms with Gasteiger partial charge in [0.15, 0.2) is 0 Å². The highest BCUT2D eigenvalue weighted by molar-refractivity contribution is 6.43. The van der Waals surface area contributed by atoms with Crippen LogP contribution >= 0.6 is 0 Å². The summed E-state index contributed by atoms with van der Waals surface area (Å²) in [4.78, 5) is 42.7. The van der Waals surface area contributed by atoms with Crippen molar-refractivity contribution < 1.29 is 18.8 Å². The van der Waals surface area contributed by atoms with E-state index < -0.39 is 23.5 Å². The molecule has 0 saturated heterocycles. The van der Waals surface area contributed by atoms with Gasteiger partial charge in [-0.15, -0.1) is 0 Å². The molecule has 0 spiro atoms. The lowest BCUT2D eigenvalue weighted by Crippen LogP contribution is -2.51. The Morgan fingerprint density at radius 3 is 2.50 bits per heavy atom. The number of aromatic nitrogens is 2. The molecule has 0 unspecified atom stereocenters. The van der Waals surface area contributed by atoms with Crippen molar-refractivity contribution in [1.82, 2.24) is 14.9 Å². The minimum Gasteiger partial charge on any atom is -0.344 e. The predicted octanol–water partition coefficient (Wildman–Crippen LogP) is 3.31. The maximum atomic E-state index is 13.4. The SMILES string of the molecule is Cc1c(C(=O)Nc2ccnc(F)c2)c(C)n(C)c1C(=O)C(=O)N[C@]12C[C@@H]3C[C@@H](C[C@H]1C3)C2. The molecule has 6 rings (SSSR count). The molecule has 2 amide bonds. The van der Waals surface area contributed by atoms with Crippen molar-refractivity contribution in [1.29, 1.82) is 0 Å². The van der Waals surface area contributed by atoms with Crippen molar-refractivity contribution in [2.75, 3.05) is 5.32 Å². The Kier molecular flexibility index (Phi) is 4.72. The Morgan fingerprint density at radius 1 is 1.16 bits per heavy atom. The molecule has 2 aromatic rings. The molecule has 4 fully saturated rings.